The van der Waals surface area contributed by atoms with Crippen LogP contribution in [0.3, 0.4) is 0 Å². The molecular weight excluding hydrogens is 246 g/mol. The molecule has 3 nitrogen and oxygen atoms in total. The molecule has 1 aromatic carbocycles. The molecule has 4 heteroatoms. The zero-order valence-electron chi connectivity index (χ0n) is 10.0. The molecule has 0 saturated heterocycles. The molecule has 3 rings (SSSR count). The van der Waals surface area contributed by atoms with Gasteiger partial charge >= 0.3 is 0 Å². The summed E-state index contributed by atoms with van der Waals surface area (Å²) in [5, 5.41) is 12.0. The number of hydrogen-bond donors (Lipinski definition) is 1. The van der Waals surface area contributed by atoms with Crippen molar-refractivity contribution in [3.63, 3.8) is 0 Å². The Kier molecular flexibility index (Phi) is 3.30. The van der Waals surface area contributed by atoms with Crippen LogP contribution in [0.15, 0.2) is 29.1 Å². The van der Waals surface area contributed by atoms with E-state index in [2.05, 4.69) is 4.98 Å². The first-order valence-electron chi connectivity index (χ1n) is 6.14. The average Bonchev–Trinajstić information content (AvgIpc) is 2.90. The fraction of sp³-hybridized carbons (Fsp3) is 0.357. The summed E-state index contributed by atoms with van der Waals surface area (Å²) in [7, 11) is 0. The number of hydrogen-bond acceptors (Lipinski definition) is 4. The van der Waals surface area contributed by atoms with E-state index in [9.17, 15) is 5.11 Å². The maximum atomic E-state index is 9.97. The zero-order chi connectivity index (χ0) is 12.4. The van der Waals surface area contributed by atoms with Crippen molar-refractivity contribution in [3.8, 4) is 5.75 Å². The molecule has 0 radical (unpaired) electrons. The van der Waals surface area contributed by atoms with Crippen molar-refractivity contribution >= 4 is 11.3 Å². The minimum absolute atomic E-state index is 0.337. The lowest BCUT2D eigenvalue weighted by molar-refractivity contribution is 0.155. The summed E-state index contributed by atoms with van der Waals surface area (Å²) in [6, 6.07) is 5.92. The van der Waals surface area contributed by atoms with Crippen molar-refractivity contribution in [1.29, 1.82) is 0 Å². The highest BCUT2D eigenvalue weighted by Gasteiger charge is 2.20. The third kappa shape index (κ3) is 2.26. The van der Waals surface area contributed by atoms with Gasteiger partial charge in [0.2, 0.25) is 0 Å². The normalized spacial score (nSPS) is 18.4. The average molecular weight is 261 g/mol. The summed E-state index contributed by atoms with van der Waals surface area (Å²) >= 11 is 1.57. The molecule has 18 heavy (non-hydrogen) atoms. The van der Waals surface area contributed by atoms with Crippen molar-refractivity contribution in [2.24, 2.45) is 0 Å². The third-order valence-electron chi connectivity index (χ3n) is 3.29. The minimum Gasteiger partial charge on any atom is -0.487 e. The third-order valence-corrected chi connectivity index (χ3v) is 3.93. The van der Waals surface area contributed by atoms with Gasteiger partial charge in [-0.3, -0.25) is 0 Å². The van der Waals surface area contributed by atoms with Crippen LogP contribution >= 0.6 is 11.3 Å². The maximum absolute atomic E-state index is 9.97. The highest BCUT2D eigenvalue weighted by atomic mass is 32.1. The lowest BCUT2D eigenvalue weighted by Gasteiger charge is -2.23. The van der Waals surface area contributed by atoms with Crippen molar-refractivity contribution in [1.82, 2.24) is 4.98 Å². The second-order valence-corrected chi connectivity index (χ2v) is 5.22. The summed E-state index contributed by atoms with van der Waals surface area (Å²) in [4.78, 5) is 4.20. The standard InChI is InChI=1S/C14H15NO2S/c16-13-5-1-4-12-11(13)3-2-6-14(12)17-7-10-8-18-9-15-10/h2-3,6,8-9,13,16H,1,4-5,7H2. The van der Waals surface area contributed by atoms with E-state index in [4.69, 9.17) is 4.74 Å². The topological polar surface area (TPSA) is 42.4 Å². The van der Waals surface area contributed by atoms with Crippen LogP contribution < -0.4 is 4.74 Å². The number of thiazole rings is 1. The molecule has 2 aromatic rings. The molecule has 1 heterocycles. The zero-order valence-corrected chi connectivity index (χ0v) is 10.8. The Hall–Kier alpha value is -1.39. The lowest BCUT2D eigenvalue weighted by Crippen LogP contribution is -2.11. The summed E-state index contributed by atoms with van der Waals surface area (Å²) in [5.41, 5.74) is 4.94. The van der Waals surface area contributed by atoms with Gasteiger partial charge in [-0.05, 0) is 36.5 Å². The number of nitrogens with zero attached hydrogens (tertiary/aromatic N) is 1. The first-order chi connectivity index (χ1) is 8.84. The van der Waals surface area contributed by atoms with Crippen molar-refractivity contribution in [2.45, 2.75) is 32.0 Å². The molecule has 0 aliphatic heterocycles. The van der Waals surface area contributed by atoms with Crippen LogP contribution in [-0.4, -0.2) is 10.1 Å². The number of fused-ring (bicyclic) bond motifs is 1. The van der Waals surface area contributed by atoms with Crippen molar-refractivity contribution in [3.05, 3.63) is 45.9 Å². The summed E-state index contributed by atoms with van der Waals surface area (Å²) in [6.45, 7) is 0.496. The predicted molar refractivity (Wildman–Crippen MR) is 70.8 cm³/mol. The summed E-state index contributed by atoms with van der Waals surface area (Å²) < 4.78 is 5.83. The molecular formula is C14H15NO2S. The summed E-state index contributed by atoms with van der Waals surface area (Å²) in [6.07, 6.45) is 2.52. The van der Waals surface area contributed by atoms with E-state index in [1.54, 1.807) is 11.3 Å². The van der Waals surface area contributed by atoms with Gasteiger partial charge in [0.25, 0.3) is 0 Å². The van der Waals surface area contributed by atoms with Gasteiger partial charge in [-0.1, -0.05) is 12.1 Å². The van der Waals surface area contributed by atoms with E-state index < -0.39 is 0 Å². The lowest BCUT2D eigenvalue weighted by atomic mass is 9.89. The first kappa shape index (κ1) is 11.7. The van der Waals surface area contributed by atoms with E-state index in [-0.39, 0.29) is 6.10 Å². The monoisotopic (exact) mass is 261 g/mol. The fourth-order valence-electron chi connectivity index (χ4n) is 2.39. The molecule has 0 fully saturated rings. The van der Waals surface area contributed by atoms with Crippen LogP contribution in [0.25, 0.3) is 0 Å². The van der Waals surface area contributed by atoms with Gasteiger partial charge in [0.1, 0.15) is 12.4 Å². The van der Waals surface area contributed by atoms with Crippen LogP contribution in [0.4, 0.5) is 0 Å². The van der Waals surface area contributed by atoms with Gasteiger partial charge in [-0.25, -0.2) is 4.98 Å². The maximum Gasteiger partial charge on any atom is 0.131 e. The minimum atomic E-state index is -0.337. The van der Waals surface area contributed by atoms with Crippen LogP contribution in [0.5, 0.6) is 5.75 Å². The quantitative estimate of drug-likeness (QED) is 0.923. The Morgan fingerprint density at radius 3 is 3.22 bits per heavy atom. The SMILES string of the molecule is OC1CCCc2c(OCc3cscn3)cccc21. The Bertz CT molecular complexity index is 525. The molecule has 1 aromatic heterocycles. The van der Waals surface area contributed by atoms with Crippen LogP contribution in [0.1, 0.15) is 35.8 Å². The molecule has 1 atom stereocenters. The number of rotatable bonds is 3. The van der Waals surface area contributed by atoms with Gasteiger partial charge in [-0.2, -0.15) is 0 Å². The Balaban J connectivity index is 1.82. The van der Waals surface area contributed by atoms with Crippen LogP contribution in [0, 0.1) is 0 Å². The second kappa shape index (κ2) is 5.08. The van der Waals surface area contributed by atoms with Gasteiger partial charge in [-0.15, -0.1) is 11.3 Å². The van der Waals surface area contributed by atoms with E-state index in [1.807, 2.05) is 29.1 Å². The molecule has 0 spiro atoms. The highest BCUT2D eigenvalue weighted by Crippen LogP contribution is 2.35. The molecule has 1 aliphatic carbocycles. The predicted octanol–water partition coefficient (Wildman–Crippen LogP) is 3.09. The van der Waals surface area contributed by atoms with Gasteiger partial charge in [0.05, 0.1) is 17.3 Å². The van der Waals surface area contributed by atoms with Crippen molar-refractivity contribution in [2.75, 3.05) is 0 Å². The van der Waals surface area contributed by atoms with E-state index in [0.717, 1.165) is 41.8 Å². The molecule has 0 bridgehead atoms. The smallest absolute Gasteiger partial charge is 0.131 e. The van der Waals surface area contributed by atoms with Crippen molar-refractivity contribution < 1.29 is 9.84 Å². The molecule has 0 saturated carbocycles. The van der Waals surface area contributed by atoms with Crippen LogP contribution in [-0.2, 0) is 13.0 Å². The second-order valence-electron chi connectivity index (χ2n) is 4.50. The molecule has 0 amide bonds. The molecule has 1 unspecified atom stereocenters. The molecule has 1 N–H and O–H groups in total. The van der Waals surface area contributed by atoms with E-state index in [1.165, 1.54) is 0 Å². The Morgan fingerprint density at radius 2 is 2.39 bits per heavy atom. The van der Waals surface area contributed by atoms with Gasteiger partial charge in [0.15, 0.2) is 0 Å². The number of aliphatic hydroxyl groups is 1. The van der Waals surface area contributed by atoms with E-state index in [0.29, 0.717) is 6.61 Å². The number of benzene rings is 1. The van der Waals surface area contributed by atoms with E-state index >= 15 is 0 Å². The fourth-order valence-corrected chi connectivity index (χ4v) is 2.93. The summed E-state index contributed by atoms with van der Waals surface area (Å²) in [5.74, 6) is 0.888. The number of aliphatic hydroxyl groups excluding tert-OH is 1. The highest BCUT2D eigenvalue weighted by molar-refractivity contribution is 7.07. The van der Waals surface area contributed by atoms with Gasteiger partial charge < -0.3 is 9.84 Å². The Labute approximate surface area is 110 Å². The van der Waals surface area contributed by atoms with Crippen LogP contribution in [0.2, 0.25) is 0 Å². The number of aromatic nitrogens is 1. The van der Waals surface area contributed by atoms with Gasteiger partial charge in [0, 0.05) is 5.38 Å². The molecule has 94 valence electrons. The Morgan fingerprint density at radius 1 is 1.44 bits per heavy atom. The largest absolute Gasteiger partial charge is 0.487 e. The molecule has 1 aliphatic rings. The number of ether oxygens (including phenoxy) is 1. The first-order valence-corrected chi connectivity index (χ1v) is 7.08.